The number of aliphatic hydroxyl groups is 1. The van der Waals surface area contributed by atoms with Crippen molar-refractivity contribution in [1.82, 2.24) is 10.2 Å². The van der Waals surface area contributed by atoms with Crippen molar-refractivity contribution in [3.05, 3.63) is 23.8 Å². The van der Waals surface area contributed by atoms with Crippen LogP contribution >= 0.6 is 0 Å². The third-order valence-corrected chi connectivity index (χ3v) is 3.70. The lowest BCUT2D eigenvalue weighted by molar-refractivity contribution is 0.229. The summed E-state index contributed by atoms with van der Waals surface area (Å²) in [5, 5.41) is 13.1. The molecule has 1 atom stereocenters. The van der Waals surface area contributed by atoms with E-state index < -0.39 is 0 Å². The van der Waals surface area contributed by atoms with E-state index in [1.54, 1.807) is 14.2 Å². The van der Waals surface area contributed by atoms with Crippen molar-refractivity contribution in [2.45, 2.75) is 19.9 Å². The average molecular weight is 296 g/mol. The fourth-order valence-electron chi connectivity index (χ4n) is 2.40. The maximum atomic E-state index is 9.67. The third-order valence-electron chi connectivity index (χ3n) is 3.70. The fraction of sp³-hybridized carbons (Fsp3) is 0.625. The van der Waals surface area contributed by atoms with Gasteiger partial charge in [0.15, 0.2) is 11.5 Å². The first kappa shape index (κ1) is 17.8. The Bertz CT molecular complexity index is 409. The van der Waals surface area contributed by atoms with Crippen molar-refractivity contribution in [3.8, 4) is 11.5 Å². The van der Waals surface area contributed by atoms with Crippen LogP contribution in [0.4, 0.5) is 0 Å². The number of ether oxygens (including phenoxy) is 2. The van der Waals surface area contributed by atoms with Crippen LogP contribution in [0.15, 0.2) is 18.2 Å². The number of likely N-dealkylation sites (N-methyl/N-ethyl adjacent to an activating group) is 1. The van der Waals surface area contributed by atoms with Crippen molar-refractivity contribution in [1.29, 1.82) is 0 Å². The largest absolute Gasteiger partial charge is 0.493 e. The molecule has 5 heteroatoms. The standard InChI is InChI=1S/C16H28N2O3/c1-5-18(6-2)11-10-17-14(12-19)13-8-7-9-15(20-3)16(13)21-4/h7-9,14,17,19H,5-6,10-12H2,1-4H3. The van der Waals surface area contributed by atoms with E-state index in [0.717, 1.165) is 31.7 Å². The molecule has 1 aromatic rings. The quantitative estimate of drug-likeness (QED) is 0.688. The predicted octanol–water partition coefficient (Wildman–Crippen LogP) is 1.67. The van der Waals surface area contributed by atoms with Crippen LogP contribution in [0.2, 0.25) is 0 Å². The van der Waals surface area contributed by atoms with Crippen LogP contribution < -0.4 is 14.8 Å². The molecule has 0 aliphatic carbocycles. The van der Waals surface area contributed by atoms with E-state index in [-0.39, 0.29) is 12.6 Å². The van der Waals surface area contributed by atoms with Crippen LogP contribution in [-0.2, 0) is 0 Å². The number of para-hydroxylation sites is 1. The Morgan fingerprint density at radius 2 is 1.90 bits per heavy atom. The lowest BCUT2D eigenvalue weighted by Crippen LogP contribution is -2.34. The smallest absolute Gasteiger partial charge is 0.165 e. The molecule has 0 saturated heterocycles. The van der Waals surface area contributed by atoms with Crippen LogP contribution in [0.1, 0.15) is 25.5 Å². The summed E-state index contributed by atoms with van der Waals surface area (Å²) in [6.45, 7) is 8.15. The molecule has 1 aromatic carbocycles. The lowest BCUT2D eigenvalue weighted by Gasteiger charge is -2.23. The van der Waals surface area contributed by atoms with Crippen molar-refractivity contribution in [2.24, 2.45) is 0 Å². The summed E-state index contributed by atoms with van der Waals surface area (Å²) in [4.78, 5) is 2.34. The molecular weight excluding hydrogens is 268 g/mol. The molecule has 0 aromatic heterocycles. The normalized spacial score (nSPS) is 12.5. The van der Waals surface area contributed by atoms with E-state index in [1.165, 1.54) is 0 Å². The minimum atomic E-state index is -0.161. The highest BCUT2D eigenvalue weighted by Gasteiger charge is 2.18. The van der Waals surface area contributed by atoms with Gasteiger partial charge in [-0.1, -0.05) is 26.0 Å². The number of hydrogen-bond donors (Lipinski definition) is 2. The summed E-state index contributed by atoms with van der Waals surface area (Å²) >= 11 is 0. The molecule has 5 nitrogen and oxygen atoms in total. The molecule has 0 saturated carbocycles. The zero-order valence-corrected chi connectivity index (χ0v) is 13.6. The van der Waals surface area contributed by atoms with Gasteiger partial charge in [-0.3, -0.25) is 0 Å². The Labute approximate surface area is 127 Å². The first-order chi connectivity index (χ1) is 10.2. The summed E-state index contributed by atoms with van der Waals surface area (Å²) < 4.78 is 10.7. The SMILES string of the molecule is CCN(CC)CCNC(CO)c1cccc(OC)c1OC. The minimum absolute atomic E-state index is 0.0157. The predicted molar refractivity (Wildman–Crippen MR) is 85.2 cm³/mol. The van der Waals surface area contributed by atoms with E-state index in [4.69, 9.17) is 9.47 Å². The van der Waals surface area contributed by atoms with Crippen molar-refractivity contribution >= 4 is 0 Å². The van der Waals surface area contributed by atoms with Crippen molar-refractivity contribution < 1.29 is 14.6 Å². The molecule has 1 unspecified atom stereocenters. The van der Waals surface area contributed by atoms with E-state index in [2.05, 4.69) is 24.1 Å². The first-order valence-corrected chi connectivity index (χ1v) is 7.49. The van der Waals surface area contributed by atoms with Gasteiger partial charge in [0.2, 0.25) is 0 Å². The van der Waals surface area contributed by atoms with Crippen molar-refractivity contribution in [2.75, 3.05) is 47.0 Å². The molecule has 0 aliphatic heterocycles. The number of nitrogens with one attached hydrogen (secondary N) is 1. The molecular formula is C16H28N2O3. The van der Waals surface area contributed by atoms with Gasteiger partial charge in [-0.2, -0.15) is 0 Å². The van der Waals surface area contributed by atoms with Crippen LogP contribution in [0.5, 0.6) is 11.5 Å². The number of rotatable bonds is 10. The molecule has 0 fully saturated rings. The molecule has 0 bridgehead atoms. The summed E-state index contributed by atoms with van der Waals surface area (Å²) in [5.41, 5.74) is 0.916. The Balaban J connectivity index is 2.76. The number of hydrogen-bond acceptors (Lipinski definition) is 5. The molecule has 0 aliphatic rings. The van der Waals surface area contributed by atoms with Gasteiger partial charge >= 0.3 is 0 Å². The number of methoxy groups -OCH3 is 2. The zero-order valence-electron chi connectivity index (χ0n) is 13.6. The minimum Gasteiger partial charge on any atom is -0.493 e. The van der Waals surface area contributed by atoms with E-state index in [1.807, 2.05) is 18.2 Å². The Kier molecular flexibility index (Phi) is 8.12. The molecule has 0 spiro atoms. The second-order valence-corrected chi connectivity index (χ2v) is 4.80. The molecule has 2 N–H and O–H groups in total. The highest BCUT2D eigenvalue weighted by molar-refractivity contribution is 5.48. The number of aliphatic hydroxyl groups excluding tert-OH is 1. The third kappa shape index (κ3) is 4.88. The Morgan fingerprint density at radius 3 is 2.43 bits per heavy atom. The van der Waals surface area contributed by atoms with Gasteiger partial charge in [0.05, 0.1) is 26.9 Å². The second kappa shape index (κ2) is 9.60. The van der Waals surface area contributed by atoms with Gasteiger partial charge < -0.3 is 24.8 Å². The number of benzene rings is 1. The monoisotopic (exact) mass is 296 g/mol. The van der Waals surface area contributed by atoms with E-state index in [9.17, 15) is 5.11 Å². The Morgan fingerprint density at radius 1 is 1.19 bits per heavy atom. The maximum absolute atomic E-state index is 9.67. The van der Waals surface area contributed by atoms with Crippen LogP contribution in [0.25, 0.3) is 0 Å². The van der Waals surface area contributed by atoms with E-state index in [0.29, 0.717) is 11.5 Å². The van der Waals surface area contributed by atoms with Crippen molar-refractivity contribution in [3.63, 3.8) is 0 Å². The Hall–Kier alpha value is -1.30. The summed E-state index contributed by atoms with van der Waals surface area (Å²) in [5.74, 6) is 1.35. The highest BCUT2D eigenvalue weighted by atomic mass is 16.5. The second-order valence-electron chi connectivity index (χ2n) is 4.80. The lowest BCUT2D eigenvalue weighted by atomic mass is 10.1. The zero-order chi connectivity index (χ0) is 15.7. The molecule has 120 valence electrons. The maximum Gasteiger partial charge on any atom is 0.165 e. The molecule has 0 amide bonds. The van der Waals surface area contributed by atoms with Gasteiger partial charge in [-0.15, -0.1) is 0 Å². The fourth-order valence-corrected chi connectivity index (χ4v) is 2.40. The number of nitrogens with zero attached hydrogens (tertiary/aromatic N) is 1. The van der Waals surface area contributed by atoms with Gasteiger partial charge in [-0.05, 0) is 19.2 Å². The van der Waals surface area contributed by atoms with Crippen LogP contribution in [0, 0.1) is 0 Å². The molecule has 1 rings (SSSR count). The topological polar surface area (TPSA) is 54.0 Å². The summed E-state index contributed by atoms with van der Waals surface area (Å²) in [6, 6.07) is 5.55. The summed E-state index contributed by atoms with van der Waals surface area (Å²) in [6.07, 6.45) is 0. The molecule has 21 heavy (non-hydrogen) atoms. The van der Waals surface area contributed by atoms with Gasteiger partial charge in [0.25, 0.3) is 0 Å². The first-order valence-electron chi connectivity index (χ1n) is 7.49. The van der Waals surface area contributed by atoms with Gasteiger partial charge in [0, 0.05) is 18.7 Å². The van der Waals surface area contributed by atoms with Gasteiger partial charge in [-0.25, -0.2) is 0 Å². The van der Waals surface area contributed by atoms with Gasteiger partial charge in [0.1, 0.15) is 0 Å². The van der Waals surface area contributed by atoms with Crippen LogP contribution in [0.3, 0.4) is 0 Å². The molecule has 0 radical (unpaired) electrons. The summed E-state index contributed by atoms with van der Waals surface area (Å²) in [7, 11) is 3.23. The highest BCUT2D eigenvalue weighted by Crippen LogP contribution is 2.34. The molecule has 0 heterocycles. The van der Waals surface area contributed by atoms with E-state index >= 15 is 0 Å². The van der Waals surface area contributed by atoms with Crippen LogP contribution in [-0.4, -0.2) is 57.0 Å². The average Bonchev–Trinajstić information content (AvgIpc) is 2.54.